The van der Waals surface area contributed by atoms with Crippen LogP contribution in [0.3, 0.4) is 0 Å². The lowest BCUT2D eigenvalue weighted by Crippen LogP contribution is -2.57. The third kappa shape index (κ3) is 9.33. The van der Waals surface area contributed by atoms with Gasteiger partial charge in [0, 0.05) is 54.7 Å². The Balaban J connectivity index is 0.978. The number of esters is 1. The fourth-order valence-corrected chi connectivity index (χ4v) is 11.1. The molecule has 3 fully saturated rings. The lowest BCUT2D eigenvalue weighted by molar-refractivity contribution is -0.149. The highest BCUT2D eigenvalue weighted by atomic mass is 32.1. The number of amides is 3. The van der Waals surface area contributed by atoms with Gasteiger partial charge in [-0.3, -0.25) is 28.7 Å². The lowest BCUT2D eigenvalue weighted by Gasteiger charge is -2.42. The van der Waals surface area contributed by atoms with Crippen molar-refractivity contribution in [1.29, 1.82) is 0 Å². The van der Waals surface area contributed by atoms with E-state index in [1.54, 1.807) is 37.4 Å². The number of nitrogens with zero attached hydrogens (tertiary/aromatic N) is 3. The van der Waals surface area contributed by atoms with Gasteiger partial charge in [-0.05, 0) is 91.9 Å². The highest BCUT2D eigenvalue weighted by Gasteiger charge is 2.47. The molecule has 5 atom stereocenters. The van der Waals surface area contributed by atoms with Crippen LogP contribution in [0.1, 0.15) is 85.5 Å². The smallest absolute Gasteiger partial charge is 0.321 e. The largest absolute Gasteiger partial charge is 0.466 e. The zero-order chi connectivity index (χ0) is 39.2. The molecule has 2 aromatic heterocycles. The van der Waals surface area contributed by atoms with Crippen LogP contribution in [-0.4, -0.2) is 82.8 Å². The molecular weight excluding hydrogens is 750 g/mol. The molecule has 7 rings (SSSR count). The van der Waals surface area contributed by atoms with Crippen molar-refractivity contribution in [3.8, 4) is 5.75 Å². The highest BCUT2D eigenvalue weighted by molar-refractivity contribution is 7.56. The summed E-state index contributed by atoms with van der Waals surface area (Å²) in [4.78, 5) is 61.9. The number of carbonyl (C=O) groups is 4. The van der Waals surface area contributed by atoms with Crippen molar-refractivity contribution in [3.05, 3.63) is 95.1 Å². The van der Waals surface area contributed by atoms with Gasteiger partial charge < -0.3 is 24.4 Å². The quantitative estimate of drug-likeness (QED) is 0.0968. The summed E-state index contributed by atoms with van der Waals surface area (Å²) in [6, 6.07) is 19.5. The first-order valence-corrected chi connectivity index (χ1v) is 22.3. The van der Waals surface area contributed by atoms with Crippen molar-refractivity contribution in [3.63, 3.8) is 0 Å². The van der Waals surface area contributed by atoms with Crippen molar-refractivity contribution >= 4 is 52.6 Å². The summed E-state index contributed by atoms with van der Waals surface area (Å²) in [6.45, 7) is 5.50. The Labute approximate surface area is 331 Å². The van der Waals surface area contributed by atoms with Crippen LogP contribution in [0, 0.1) is 5.92 Å². The van der Waals surface area contributed by atoms with E-state index in [2.05, 4.69) is 15.4 Å². The number of carbonyl (C=O) groups excluding carboxylic acids is 4. The third-order valence-corrected chi connectivity index (χ3v) is 14.1. The summed E-state index contributed by atoms with van der Waals surface area (Å²) in [5.74, 6) is -0.346. The van der Waals surface area contributed by atoms with Crippen LogP contribution in [0.15, 0.2) is 79.1 Å². The minimum Gasteiger partial charge on any atom is -0.466 e. The van der Waals surface area contributed by atoms with Crippen molar-refractivity contribution in [1.82, 2.24) is 25.2 Å². The van der Waals surface area contributed by atoms with Gasteiger partial charge in [-0.15, -0.1) is 11.3 Å². The third-order valence-electron chi connectivity index (χ3n) is 10.9. The van der Waals surface area contributed by atoms with Crippen molar-refractivity contribution in [2.24, 2.45) is 5.92 Å². The molecular formula is C42H50N5O7PS. The Morgan fingerprint density at radius 2 is 1.84 bits per heavy atom. The zero-order valence-electron chi connectivity index (χ0n) is 31.9. The van der Waals surface area contributed by atoms with E-state index >= 15 is 0 Å². The number of likely N-dealkylation sites (tertiary alicyclic amines) is 1. The molecule has 14 heteroatoms. The molecule has 3 unspecified atom stereocenters. The Hall–Kier alpha value is -4.58. The van der Waals surface area contributed by atoms with Gasteiger partial charge >= 0.3 is 13.5 Å². The second-order valence-corrected chi connectivity index (χ2v) is 18.4. The first-order chi connectivity index (χ1) is 27.1. The fourth-order valence-electron chi connectivity index (χ4n) is 8.07. The number of nitrogens with one attached hydrogen (secondary N) is 2. The number of rotatable bonds is 15. The van der Waals surface area contributed by atoms with E-state index in [-0.39, 0.29) is 54.8 Å². The number of fused-ring (bicyclic) bond motifs is 2. The van der Waals surface area contributed by atoms with E-state index in [0.717, 1.165) is 46.9 Å². The Kier molecular flexibility index (Phi) is 12.5. The summed E-state index contributed by atoms with van der Waals surface area (Å²) < 4.78 is 26.5. The number of aromatic nitrogens is 1. The van der Waals surface area contributed by atoms with Gasteiger partial charge in [0.25, 0.3) is 5.91 Å². The maximum Gasteiger partial charge on any atom is 0.321 e. The molecule has 3 aliphatic rings. The Morgan fingerprint density at radius 3 is 2.61 bits per heavy atom. The van der Waals surface area contributed by atoms with Crippen molar-refractivity contribution in [2.75, 3.05) is 26.2 Å². The minimum atomic E-state index is -3.56. The molecule has 4 aromatic rings. The number of pyridine rings is 1. The molecule has 0 radical (unpaired) electrons. The molecule has 0 bridgehead atoms. The van der Waals surface area contributed by atoms with Gasteiger partial charge in [-0.2, -0.15) is 0 Å². The maximum absolute atomic E-state index is 14.3. The normalized spacial score (nSPS) is 21.4. The van der Waals surface area contributed by atoms with E-state index in [9.17, 15) is 23.7 Å². The number of thiophene rings is 1. The van der Waals surface area contributed by atoms with Crippen molar-refractivity contribution in [2.45, 2.75) is 89.0 Å². The van der Waals surface area contributed by atoms with Gasteiger partial charge in [0.2, 0.25) is 11.8 Å². The SMILES string of the molecule is CCCOC(=O)CC(C)NP(=O)(Cc1ccc2sc(C(=O)NCC3CCC[C@H]4CC[C@@H](C(=O)N5CC(c6cccnc6)C5)N4C3=O)cc2c1)Oc1ccccc1. The predicted molar refractivity (Wildman–Crippen MR) is 216 cm³/mol. The molecule has 3 amide bonds. The van der Waals surface area contributed by atoms with Crippen LogP contribution in [0.2, 0.25) is 0 Å². The zero-order valence-corrected chi connectivity index (χ0v) is 33.6. The number of ether oxygens (including phenoxy) is 1. The Morgan fingerprint density at radius 1 is 1.02 bits per heavy atom. The monoisotopic (exact) mass is 799 g/mol. The average Bonchev–Trinajstić information content (AvgIpc) is 3.75. The van der Waals surface area contributed by atoms with Crippen LogP contribution in [0.4, 0.5) is 0 Å². The van der Waals surface area contributed by atoms with Crippen LogP contribution in [0.5, 0.6) is 5.75 Å². The van der Waals surface area contributed by atoms with Gasteiger partial charge in [0.1, 0.15) is 11.8 Å². The maximum atomic E-state index is 14.3. The highest BCUT2D eigenvalue weighted by Crippen LogP contribution is 2.48. The van der Waals surface area contributed by atoms with E-state index in [1.807, 2.05) is 65.4 Å². The molecule has 0 spiro atoms. The summed E-state index contributed by atoms with van der Waals surface area (Å²) in [6.07, 6.45) is 8.29. The standard InChI is InChI=1S/C42H50N5O7PS/c1-3-19-53-39(48)20-28(2)45-55(52,54-35-12-5-4-6-13-35)27-29-14-17-37-32(21-29)22-38(56-37)40(49)44-24-31-9-7-11-34-15-16-36(47(34)41(31)50)42(51)46-25-33(26-46)30-10-8-18-43-23-30/h4-6,8,10,12-14,17-18,21-23,28,31,33-34,36H,3,7,9,11,15-16,19-20,24-27H2,1-2H3,(H,44,49)(H,45,52)/t28?,31?,34-,36-,55?/m0/s1. The molecule has 0 aliphatic carbocycles. The van der Waals surface area contributed by atoms with E-state index in [0.29, 0.717) is 43.2 Å². The van der Waals surface area contributed by atoms with E-state index < -0.39 is 25.5 Å². The van der Waals surface area contributed by atoms with Gasteiger partial charge in [0.15, 0.2) is 0 Å². The molecule has 296 valence electrons. The molecule has 5 heterocycles. The first kappa shape index (κ1) is 39.6. The number of para-hydroxylation sites is 1. The summed E-state index contributed by atoms with van der Waals surface area (Å²) in [5.41, 5.74) is 1.87. The Bertz CT molecular complexity index is 2080. The first-order valence-electron chi connectivity index (χ1n) is 19.7. The van der Waals surface area contributed by atoms with E-state index in [1.165, 1.54) is 11.3 Å². The second kappa shape index (κ2) is 17.7. The van der Waals surface area contributed by atoms with Gasteiger partial charge in [-0.25, -0.2) is 5.09 Å². The van der Waals surface area contributed by atoms with Crippen molar-refractivity contribution < 1.29 is 33.0 Å². The van der Waals surface area contributed by atoms with Gasteiger partial charge in [-0.1, -0.05) is 43.7 Å². The van der Waals surface area contributed by atoms with E-state index in [4.69, 9.17) is 9.26 Å². The molecule has 0 saturated carbocycles. The molecule has 3 saturated heterocycles. The van der Waals surface area contributed by atoms with Crippen LogP contribution in [-0.2, 0) is 29.8 Å². The molecule has 12 nitrogen and oxygen atoms in total. The van der Waals surface area contributed by atoms with Crippen LogP contribution in [0.25, 0.3) is 10.1 Å². The van der Waals surface area contributed by atoms with Crippen LogP contribution >= 0.6 is 18.9 Å². The average molecular weight is 800 g/mol. The number of hydrogen-bond acceptors (Lipinski definition) is 9. The fraction of sp³-hybridized carbons (Fsp3) is 0.452. The summed E-state index contributed by atoms with van der Waals surface area (Å²) in [5, 5.41) is 6.93. The summed E-state index contributed by atoms with van der Waals surface area (Å²) >= 11 is 1.35. The minimum absolute atomic E-state index is 0.0238. The topological polar surface area (TPSA) is 147 Å². The molecule has 3 aliphatic heterocycles. The molecule has 2 aromatic carbocycles. The van der Waals surface area contributed by atoms with Crippen LogP contribution < -0.4 is 14.9 Å². The molecule has 56 heavy (non-hydrogen) atoms. The lowest BCUT2D eigenvalue weighted by atomic mass is 9.91. The number of benzene rings is 2. The predicted octanol–water partition coefficient (Wildman–Crippen LogP) is 6.91. The second-order valence-electron chi connectivity index (χ2n) is 15.2. The van der Waals surface area contributed by atoms with Gasteiger partial charge in [0.05, 0.1) is 30.0 Å². The molecule has 2 N–H and O–H groups in total. The summed E-state index contributed by atoms with van der Waals surface area (Å²) in [7, 11) is -3.56. The number of hydrogen-bond donors (Lipinski definition) is 2.